The number of unbranched alkanes of at least 4 members (excludes halogenated alkanes) is 1. The van der Waals surface area contributed by atoms with E-state index >= 15 is 0 Å². The number of aromatic nitrogens is 8. The maximum atomic E-state index is 5.94. The minimum absolute atomic E-state index is 0.241. The molecule has 2 heterocycles. The zero-order valence-electron chi connectivity index (χ0n) is 17.3. The number of aryl methyl sites for hydroxylation is 1. The highest BCUT2D eigenvalue weighted by atomic mass is 16.5. The number of anilines is 1. The molecule has 0 aliphatic carbocycles. The van der Waals surface area contributed by atoms with Crippen molar-refractivity contribution < 1.29 is 9.47 Å². The summed E-state index contributed by atoms with van der Waals surface area (Å²) < 4.78 is 14.7. The molecule has 4 rings (SSSR count). The van der Waals surface area contributed by atoms with E-state index in [0.29, 0.717) is 24.0 Å². The van der Waals surface area contributed by atoms with Gasteiger partial charge in [-0.15, -0.1) is 0 Å². The first-order chi connectivity index (χ1) is 15.3. The van der Waals surface area contributed by atoms with E-state index in [4.69, 9.17) is 9.47 Å². The topological polar surface area (TPSA) is 118 Å². The van der Waals surface area contributed by atoms with E-state index < -0.39 is 0 Å². The van der Waals surface area contributed by atoms with Crippen molar-refractivity contribution in [3.63, 3.8) is 0 Å². The van der Waals surface area contributed by atoms with Gasteiger partial charge in [0.15, 0.2) is 11.5 Å². The van der Waals surface area contributed by atoms with E-state index in [9.17, 15) is 0 Å². The molecule has 4 aromatic rings. The van der Waals surface area contributed by atoms with Crippen molar-refractivity contribution >= 4 is 5.95 Å². The molecule has 0 amide bonds. The van der Waals surface area contributed by atoms with Crippen molar-refractivity contribution in [2.45, 2.75) is 32.9 Å². The molecule has 0 aliphatic heterocycles. The van der Waals surface area contributed by atoms with Gasteiger partial charge in [-0.1, -0.05) is 47.8 Å². The Hall–Kier alpha value is -4.02. The summed E-state index contributed by atoms with van der Waals surface area (Å²) in [6, 6.07) is 15.4. The van der Waals surface area contributed by atoms with E-state index in [-0.39, 0.29) is 6.01 Å². The molecule has 0 aliphatic rings. The number of methoxy groups -OCH3 is 1. The number of hydrogen-bond acceptors (Lipinski definition) is 9. The summed E-state index contributed by atoms with van der Waals surface area (Å²) in [5, 5.41) is 26.8. The fourth-order valence-electron chi connectivity index (χ4n) is 2.95. The molecular formula is C20H23N9O2. The molecule has 0 atom stereocenters. The summed E-state index contributed by atoms with van der Waals surface area (Å²) >= 11 is 0. The first-order valence-corrected chi connectivity index (χ1v) is 9.97. The van der Waals surface area contributed by atoms with Crippen molar-refractivity contribution in [1.29, 1.82) is 0 Å². The monoisotopic (exact) mass is 421 g/mol. The van der Waals surface area contributed by atoms with Gasteiger partial charge in [0, 0.05) is 13.1 Å². The zero-order chi connectivity index (χ0) is 21.5. The molecule has 0 unspecified atom stereocenters. The minimum Gasteiger partial charge on any atom is -0.493 e. The predicted octanol–water partition coefficient (Wildman–Crippen LogP) is 2.86. The Morgan fingerprint density at radius 3 is 2.61 bits per heavy atom. The van der Waals surface area contributed by atoms with Crippen LogP contribution >= 0.6 is 0 Å². The van der Waals surface area contributed by atoms with Crippen LogP contribution in [0.15, 0.2) is 48.5 Å². The molecule has 0 spiro atoms. The smallest absolute Gasteiger partial charge is 0.346 e. The zero-order valence-corrected chi connectivity index (χ0v) is 17.3. The Balaban J connectivity index is 1.47. The van der Waals surface area contributed by atoms with Crippen molar-refractivity contribution in [2.24, 2.45) is 0 Å². The highest BCUT2D eigenvalue weighted by Crippen LogP contribution is 2.32. The molecule has 2 aromatic carbocycles. The van der Waals surface area contributed by atoms with Crippen molar-refractivity contribution in [3.05, 3.63) is 54.1 Å². The van der Waals surface area contributed by atoms with Gasteiger partial charge < -0.3 is 14.8 Å². The lowest BCUT2D eigenvalue weighted by Crippen LogP contribution is -2.09. The van der Waals surface area contributed by atoms with E-state index in [2.05, 4.69) is 43.3 Å². The molecule has 160 valence electrons. The van der Waals surface area contributed by atoms with Gasteiger partial charge >= 0.3 is 6.01 Å². The van der Waals surface area contributed by atoms with Gasteiger partial charge in [0.2, 0.25) is 5.95 Å². The SMILES string of the molecule is CCCCn1nnnc1NCc1ccc(Oc2nnnn2-c2ccccc2)c(OC)c1. The summed E-state index contributed by atoms with van der Waals surface area (Å²) in [6.45, 7) is 3.44. The van der Waals surface area contributed by atoms with Gasteiger partial charge in [-0.3, -0.25) is 0 Å². The predicted molar refractivity (Wildman–Crippen MR) is 112 cm³/mol. The van der Waals surface area contributed by atoms with E-state index in [1.807, 2.05) is 48.5 Å². The summed E-state index contributed by atoms with van der Waals surface area (Å²) in [7, 11) is 1.59. The lowest BCUT2D eigenvalue weighted by molar-refractivity contribution is 0.363. The maximum absolute atomic E-state index is 5.94. The largest absolute Gasteiger partial charge is 0.493 e. The van der Waals surface area contributed by atoms with Gasteiger partial charge in [-0.05, 0) is 57.1 Å². The molecular weight excluding hydrogens is 398 g/mol. The number of nitrogens with zero attached hydrogens (tertiary/aromatic N) is 8. The minimum atomic E-state index is 0.241. The molecule has 0 saturated carbocycles. The highest BCUT2D eigenvalue weighted by Gasteiger charge is 2.14. The van der Waals surface area contributed by atoms with Crippen LogP contribution in [0.4, 0.5) is 5.95 Å². The van der Waals surface area contributed by atoms with Gasteiger partial charge in [-0.2, -0.15) is 4.68 Å². The molecule has 0 bridgehead atoms. The molecule has 11 nitrogen and oxygen atoms in total. The third-order valence-corrected chi connectivity index (χ3v) is 4.58. The number of nitrogens with one attached hydrogen (secondary N) is 1. The third kappa shape index (κ3) is 4.77. The second kappa shape index (κ2) is 9.65. The van der Waals surface area contributed by atoms with Crippen LogP contribution in [0.25, 0.3) is 5.69 Å². The number of tetrazole rings is 2. The van der Waals surface area contributed by atoms with Gasteiger partial charge in [0.05, 0.1) is 12.8 Å². The number of rotatable bonds is 10. The number of ether oxygens (including phenoxy) is 2. The van der Waals surface area contributed by atoms with Crippen LogP contribution in [0, 0.1) is 0 Å². The number of benzene rings is 2. The Labute approximate surface area is 179 Å². The van der Waals surface area contributed by atoms with Crippen LogP contribution in [0.5, 0.6) is 17.5 Å². The number of hydrogen-bond donors (Lipinski definition) is 1. The average Bonchev–Trinajstić information content (AvgIpc) is 3.46. The third-order valence-electron chi connectivity index (χ3n) is 4.58. The lowest BCUT2D eigenvalue weighted by Gasteiger charge is -2.12. The van der Waals surface area contributed by atoms with E-state index in [1.54, 1.807) is 11.8 Å². The van der Waals surface area contributed by atoms with Crippen LogP contribution in [0.2, 0.25) is 0 Å². The fourth-order valence-corrected chi connectivity index (χ4v) is 2.95. The second-order valence-corrected chi connectivity index (χ2v) is 6.73. The standard InChI is InChI=1S/C20H23N9O2/c1-3-4-12-28-19(22-24-26-28)21-14-15-10-11-17(18(13-15)30-2)31-20-23-25-27-29(20)16-8-6-5-7-9-16/h5-11,13H,3-4,12,14H2,1-2H3,(H,21,22,26). The quantitative estimate of drug-likeness (QED) is 0.412. The summed E-state index contributed by atoms with van der Waals surface area (Å²) in [4.78, 5) is 0. The van der Waals surface area contributed by atoms with Crippen LogP contribution in [-0.4, -0.2) is 47.5 Å². The molecule has 0 saturated heterocycles. The Morgan fingerprint density at radius 2 is 1.81 bits per heavy atom. The molecule has 1 N–H and O–H groups in total. The second-order valence-electron chi connectivity index (χ2n) is 6.73. The summed E-state index contributed by atoms with van der Waals surface area (Å²) in [5.74, 6) is 1.70. The summed E-state index contributed by atoms with van der Waals surface area (Å²) in [5.41, 5.74) is 1.78. The van der Waals surface area contributed by atoms with Crippen LogP contribution in [-0.2, 0) is 13.1 Å². The van der Waals surface area contributed by atoms with Gasteiger partial charge in [-0.25, -0.2) is 4.68 Å². The molecule has 0 fully saturated rings. The maximum Gasteiger partial charge on any atom is 0.346 e. The lowest BCUT2D eigenvalue weighted by atomic mass is 10.2. The van der Waals surface area contributed by atoms with Crippen LogP contribution in [0.1, 0.15) is 25.3 Å². The first kappa shape index (κ1) is 20.3. The van der Waals surface area contributed by atoms with E-state index in [0.717, 1.165) is 30.6 Å². The summed E-state index contributed by atoms with van der Waals surface area (Å²) in [6.07, 6.45) is 2.09. The highest BCUT2D eigenvalue weighted by molar-refractivity contribution is 5.45. The van der Waals surface area contributed by atoms with Crippen molar-refractivity contribution in [3.8, 4) is 23.2 Å². The van der Waals surface area contributed by atoms with Gasteiger partial charge in [0.1, 0.15) is 0 Å². The van der Waals surface area contributed by atoms with Crippen LogP contribution in [0.3, 0.4) is 0 Å². The van der Waals surface area contributed by atoms with Crippen molar-refractivity contribution in [1.82, 2.24) is 40.4 Å². The van der Waals surface area contributed by atoms with Crippen LogP contribution < -0.4 is 14.8 Å². The Kier molecular flexibility index (Phi) is 6.31. The van der Waals surface area contributed by atoms with Gasteiger partial charge in [0.25, 0.3) is 0 Å². The Morgan fingerprint density at radius 1 is 0.968 bits per heavy atom. The molecule has 0 radical (unpaired) electrons. The Bertz CT molecular complexity index is 1110. The fraction of sp³-hybridized carbons (Fsp3) is 0.300. The first-order valence-electron chi connectivity index (χ1n) is 9.97. The normalized spacial score (nSPS) is 10.8. The molecule has 2 aromatic heterocycles. The average molecular weight is 421 g/mol. The molecule has 11 heteroatoms. The van der Waals surface area contributed by atoms with E-state index in [1.165, 1.54) is 4.68 Å². The van der Waals surface area contributed by atoms with Crippen molar-refractivity contribution in [2.75, 3.05) is 12.4 Å². The molecule has 31 heavy (non-hydrogen) atoms. The number of para-hydroxylation sites is 1.